The molecular formula is C11H19N3. The van der Waals surface area contributed by atoms with E-state index in [0.717, 1.165) is 32.6 Å². The lowest BCUT2D eigenvalue weighted by atomic mass is 9.79. The molecule has 3 nitrogen and oxygen atoms in total. The molecule has 14 heavy (non-hydrogen) atoms. The average Bonchev–Trinajstić information content (AvgIpc) is 2.72. The first-order valence-corrected chi connectivity index (χ1v) is 5.66. The zero-order valence-corrected chi connectivity index (χ0v) is 8.92. The summed E-state index contributed by atoms with van der Waals surface area (Å²) < 4.78 is 0. The lowest BCUT2D eigenvalue weighted by Crippen LogP contribution is -2.58. The normalized spacial score (nSPS) is 39.6. The SMILES string of the molecule is CC1CNCCC1(C#N)N1CCCC1. The van der Waals surface area contributed by atoms with E-state index < -0.39 is 0 Å². The standard InChI is InChI=1S/C11H19N3/c1-10-8-13-5-4-11(10,9-12)14-6-2-3-7-14/h10,13H,2-8H2,1H3. The van der Waals surface area contributed by atoms with Crippen LogP contribution in [0, 0.1) is 17.2 Å². The van der Waals surface area contributed by atoms with Gasteiger partial charge in [-0.05, 0) is 38.9 Å². The number of likely N-dealkylation sites (tertiary alicyclic amines) is 1. The Kier molecular flexibility index (Phi) is 2.76. The van der Waals surface area contributed by atoms with Gasteiger partial charge in [0.2, 0.25) is 0 Å². The van der Waals surface area contributed by atoms with Gasteiger partial charge in [0.05, 0.1) is 6.07 Å². The first-order chi connectivity index (χ1) is 6.79. The Bertz CT molecular complexity index is 239. The van der Waals surface area contributed by atoms with Gasteiger partial charge in [0.1, 0.15) is 5.54 Å². The molecule has 2 unspecified atom stereocenters. The van der Waals surface area contributed by atoms with Crippen LogP contribution in [0.3, 0.4) is 0 Å². The molecule has 2 atom stereocenters. The number of nitriles is 1. The minimum absolute atomic E-state index is 0.165. The fraction of sp³-hybridized carbons (Fsp3) is 0.909. The third kappa shape index (κ3) is 1.43. The van der Waals surface area contributed by atoms with Gasteiger partial charge in [0.25, 0.3) is 0 Å². The molecule has 2 fully saturated rings. The molecule has 78 valence electrons. The predicted molar refractivity (Wildman–Crippen MR) is 55.8 cm³/mol. The van der Waals surface area contributed by atoms with Crippen molar-refractivity contribution >= 4 is 0 Å². The third-order valence-corrected chi connectivity index (χ3v) is 3.81. The molecule has 1 N–H and O–H groups in total. The zero-order chi connectivity index (χ0) is 10.0. The van der Waals surface area contributed by atoms with Crippen molar-refractivity contribution in [1.82, 2.24) is 10.2 Å². The van der Waals surface area contributed by atoms with Gasteiger partial charge in [-0.2, -0.15) is 5.26 Å². The summed E-state index contributed by atoms with van der Waals surface area (Å²) in [4.78, 5) is 2.42. The summed E-state index contributed by atoms with van der Waals surface area (Å²) in [6.07, 6.45) is 3.53. The van der Waals surface area contributed by atoms with Crippen LogP contribution < -0.4 is 5.32 Å². The average molecular weight is 193 g/mol. The van der Waals surface area contributed by atoms with Crippen molar-refractivity contribution in [2.75, 3.05) is 26.2 Å². The number of hydrogen-bond donors (Lipinski definition) is 1. The highest BCUT2D eigenvalue weighted by atomic mass is 15.2. The van der Waals surface area contributed by atoms with Crippen molar-refractivity contribution < 1.29 is 0 Å². The molecule has 2 aliphatic heterocycles. The van der Waals surface area contributed by atoms with E-state index >= 15 is 0 Å². The highest BCUT2D eigenvalue weighted by Gasteiger charge is 2.44. The summed E-state index contributed by atoms with van der Waals surface area (Å²) in [5.41, 5.74) is -0.165. The van der Waals surface area contributed by atoms with Crippen LogP contribution in [0.25, 0.3) is 0 Å². The molecule has 3 heteroatoms. The van der Waals surface area contributed by atoms with Crippen LogP contribution in [0.4, 0.5) is 0 Å². The molecule has 0 bridgehead atoms. The molecule has 2 saturated heterocycles. The number of piperidine rings is 1. The Morgan fingerprint density at radius 1 is 1.43 bits per heavy atom. The third-order valence-electron chi connectivity index (χ3n) is 3.81. The van der Waals surface area contributed by atoms with Crippen LogP contribution in [-0.4, -0.2) is 36.6 Å². The van der Waals surface area contributed by atoms with Crippen LogP contribution in [0.2, 0.25) is 0 Å². The minimum atomic E-state index is -0.165. The van der Waals surface area contributed by atoms with E-state index in [9.17, 15) is 5.26 Å². The fourth-order valence-electron chi connectivity index (χ4n) is 2.84. The van der Waals surface area contributed by atoms with Crippen molar-refractivity contribution in [2.45, 2.75) is 31.7 Å². The lowest BCUT2D eigenvalue weighted by Gasteiger charge is -2.44. The molecule has 0 spiro atoms. The molecule has 0 amide bonds. The number of rotatable bonds is 1. The van der Waals surface area contributed by atoms with Crippen molar-refractivity contribution in [2.24, 2.45) is 5.92 Å². The van der Waals surface area contributed by atoms with Crippen molar-refractivity contribution in [3.63, 3.8) is 0 Å². The van der Waals surface area contributed by atoms with E-state index in [1.807, 2.05) is 0 Å². The van der Waals surface area contributed by atoms with Crippen LogP contribution in [-0.2, 0) is 0 Å². The Labute approximate surface area is 86.1 Å². The number of hydrogen-bond acceptors (Lipinski definition) is 3. The number of nitrogens with one attached hydrogen (secondary N) is 1. The monoisotopic (exact) mass is 193 g/mol. The van der Waals surface area contributed by atoms with Gasteiger partial charge in [0.15, 0.2) is 0 Å². The first-order valence-electron chi connectivity index (χ1n) is 5.66. The zero-order valence-electron chi connectivity index (χ0n) is 8.92. The maximum Gasteiger partial charge on any atom is 0.114 e. The van der Waals surface area contributed by atoms with E-state index in [-0.39, 0.29) is 5.54 Å². The van der Waals surface area contributed by atoms with E-state index in [4.69, 9.17) is 0 Å². The molecule has 2 rings (SSSR count). The van der Waals surface area contributed by atoms with Gasteiger partial charge in [0, 0.05) is 12.5 Å². The fourth-order valence-corrected chi connectivity index (χ4v) is 2.84. The Hall–Kier alpha value is -0.590. The van der Waals surface area contributed by atoms with Gasteiger partial charge in [-0.15, -0.1) is 0 Å². The van der Waals surface area contributed by atoms with Gasteiger partial charge in [-0.25, -0.2) is 0 Å². The summed E-state index contributed by atoms with van der Waals surface area (Å²) in [7, 11) is 0. The Morgan fingerprint density at radius 3 is 2.71 bits per heavy atom. The highest BCUT2D eigenvalue weighted by Crippen LogP contribution is 2.33. The van der Waals surface area contributed by atoms with E-state index in [1.165, 1.54) is 12.8 Å². The first kappa shape index (κ1) is 9.95. The van der Waals surface area contributed by atoms with E-state index in [2.05, 4.69) is 23.2 Å². The largest absolute Gasteiger partial charge is 0.316 e. The van der Waals surface area contributed by atoms with Crippen LogP contribution in [0.5, 0.6) is 0 Å². The van der Waals surface area contributed by atoms with Crippen molar-refractivity contribution in [3.05, 3.63) is 0 Å². The van der Waals surface area contributed by atoms with Crippen LogP contribution in [0.15, 0.2) is 0 Å². The van der Waals surface area contributed by atoms with Crippen molar-refractivity contribution in [1.29, 1.82) is 5.26 Å². The summed E-state index contributed by atoms with van der Waals surface area (Å²) >= 11 is 0. The molecule has 0 aliphatic carbocycles. The second kappa shape index (κ2) is 3.88. The second-order valence-corrected chi connectivity index (χ2v) is 4.59. The van der Waals surface area contributed by atoms with Crippen molar-refractivity contribution in [3.8, 4) is 6.07 Å². The molecule has 0 aromatic carbocycles. The summed E-state index contributed by atoms with van der Waals surface area (Å²) in [5.74, 6) is 0.458. The lowest BCUT2D eigenvalue weighted by molar-refractivity contribution is 0.0836. The highest BCUT2D eigenvalue weighted by molar-refractivity contribution is 5.14. The van der Waals surface area contributed by atoms with Gasteiger partial charge >= 0.3 is 0 Å². The smallest absolute Gasteiger partial charge is 0.114 e. The van der Waals surface area contributed by atoms with Crippen LogP contribution in [0.1, 0.15) is 26.2 Å². The van der Waals surface area contributed by atoms with E-state index in [0.29, 0.717) is 5.92 Å². The predicted octanol–water partition coefficient (Wildman–Crippen LogP) is 0.974. The molecule has 2 heterocycles. The molecule has 0 aromatic rings. The maximum absolute atomic E-state index is 9.45. The Morgan fingerprint density at radius 2 is 2.14 bits per heavy atom. The molecule has 0 aromatic heterocycles. The molecular weight excluding hydrogens is 174 g/mol. The summed E-state index contributed by atoms with van der Waals surface area (Å²) in [5, 5.41) is 12.8. The topological polar surface area (TPSA) is 39.1 Å². The summed E-state index contributed by atoms with van der Waals surface area (Å²) in [6, 6.07) is 2.60. The Balaban J connectivity index is 2.18. The maximum atomic E-state index is 9.45. The molecule has 0 radical (unpaired) electrons. The molecule has 2 aliphatic rings. The van der Waals surface area contributed by atoms with E-state index in [1.54, 1.807) is 0 Å². The summed E-state index contributed by atoms with van der Waals surface area (Å²) in [6.45, 7) is 6.43. The quantitative estimate of drug-likeness (QED) is 0.674. The molecule has 0 saturated carbocycles. The second-order valence-electron chi connectivity index (χ2n) is 4.59. The van der Waals surface area contributed by atoms with Gasteiger partial charge in [-0.1, -0.05) is 6.92 Å². The van der Waals surface area contributed by atoms with Crippen LogP contribution >= 0.6 is 0 Å². The minimum Gasteiger partial charge on any atom is -0.316 e. The number of nitrogens with zero attached hydrogens (tertiary/aromatic N) is 2. The van der Waals surface area contributed by atoms with Gasteiger partial charge < -0.3 is 5.32 Å². The van der Waals surface area contributed by atoms with Gasteiger partial charge in [-0.3, -0.25) is 4.90 Å².